The molecular weight excluding hydrogens is 231 g/mol. The van der Waals surface area contributed by atoms with Crippen LogP contribution in [0.3, 0.4) is 0 Å². The Labute approximate surface area is 91.5 Å². The van der Waals surface area contributed by atoms with Gasteiger partial charge in [-0.3, -0.25) is 10.1 Å². The number of imide groups is 1. The number of nitrogens with two attached hydrogens (primary N) is 1. The molecule has 1 atom stereocenters. The summed E-state index contributed by atoms with van der Waals surface area (Å²) in [5, 5.41) is 6.05. The summed E-state index contributed by atoms with van der Waals surface area (Å²) >= 11 is 1.89. The summed E-state index contributed by atoms with van der Waals surface area (Å²) in [4.78, 5) is 31.3. The van der Waals surface area contributed by atoms with Crippen LogP contribution in [0.4, 0.5) is 9.59 Å². The van der Waals surface area contributed by atoms with Crippen LogP contribution in [0.15, 0.2) is 0 Å². The van der Waals surface area contributed by atoms with Gasteiger partial charge in [0, 0.05) is 0 Å². The van der Waals surface area contributed by atoms with Crippen LogP contribution < -0.4 is 21.7 Å². The number of urea groups is 2. The molecule has 0 bridgehead atoms. The average Bonchev–Trinajstić information content (AvgIpc) is 2.33. The van der Waals surface area contributed by atoms with E-state index >= 15 is 0 Å². The number of carbonyl (C=O) groups is 3. The first-order valence-electron chi connectivity index (χ1n) is 2.99. The Morgan fingerprint density at radius 1 is 1.50 bits per heavy atom. The quantitative estimate of drug-likeness (QED) is 0.291. The maximum absolute atomic E-state index is 10.7. The Morgan fingerprint density at radius 3 is 2.29 bits per heavy atom. The molecule has 0 spiro atoms. The van der Waals surface area contributed by atoms with E-state index < -0.39 is 24.1 Å². The molecule has 0 aliphatic carbocycles. The molecule has 1 heterocycles. The van der Waals surface area contributed by atoms with E-state index in [2.05, 4.69) is 15.4 Å². The number of carbonyl (C=O) groups excluding carboxylic acids is 3. The van der Waals surface area contributed by atoms with Crippen LogP contribution in [-0.2, 0) is 4.79 Å². The number of primary amides is 1. The van der Waals surface area contributed by atoms with E-state index in [0.717, 1.165) is 0 Å². The van der Waals surface area contributed by atoms with E-state index in [1.54, 1.807) is 0 Å². The van der Waals surface area contributed by atoms with Crippen molar-refractivity contribution in [2.45, 2.75) is 6.17 Å². The van der Waals surface area contributed by atoms with Gasteiger partial charge < -0.3 is 21.8 Å². The molecule has 7 N–H and O–H groups in total. The van der Waals surface area contributed by atoms with Gasteiger partial charge in [0.1, 0.15) is 0 Å². The zero-order valence-electron chi connectivity index (χ0n) is 6.83. The number of nitrogens with one attached hydrogen (secondary N) is 3. The number of rotatable bonds is 1. The second-order valence-electron chi connectivity index (χ2n) is 1.90. The Bertz CT molecular complexity index is 237. The Hall–Kier alpha value is -1.01. The minimum atomic E-state index is -1.04. The fraction of sp³-hybridized carbons (Fsp3) is 0.250. The van der Waals surface area contributed by atoms with Crippen molar-refractivity contribution in [3.8, 4) is 0 Å². The third kappa shape index (κ3) is 4.88. The van der Waals surface area contributed by atoms with Crippen molar-refractivity contribution in [1.82, 2.24) is 16.0 Å². The van der Waals surface area contributed by atoms with Crippen molar-refractivity contribution in [2.24, 2.45) is 5.73 Å². The standard InChI is InChI=1S/C4H6N4O3.Al.ClH.H2O/c5-3(10)6-1-2(9)8-4(11)7-1;;;/h1H,(H3,5,6,10)(H2,7,8,9,11);;1H;1H2/q;+2;;/p-1. The van der Waals surface area contributed by atoms with Gasteiger partial charge in [-0.25, -0.2) is 9.59 Å². The normalized spacial score (nSPS) is 17.9. The monoisotopic (exact) mass is 238 g/mol. The van der Waals surface area contributed by atoms with Crippen molar-refractivity contribution in [2.75, 3.05) is 0 Å². The molecule has 1 unspecified atom stereocenters. The summed E-state index contributed by atoms with van der Waals surface area (Å²) in [7, 11) is 4.56. The van der Waals surface area contributed by atoms with Gasteiger partial charge in [0.15, 0.2) is 6.17 Å². The van der Waals surface area contributed by atoms with Gasteiger partial charge >= 0.3 is 37.5 Å². The van der Waals surface area contributed by atoms with Crippen molar-refractivity contribution in [3.63, 3.8) is 0 Å². The van der Waals surface area contributed by atoms with E-state index in [9.17, 15) is 14.4 Å². The van der Waals surface area contributed by atoms with E-state index in [-0.39, 0.29) is 5.48 Å². The van der Waals surface area contributed by atoms with Crippen molar-refractivity contribution in [1.29, 1.82) is 0 Å². The summed E-state index contributed by atoms with van der Waals surface area (Å²) in [5.41, 5.74) is 4.70. The topological polar surface area (TPSA) is 145 Å². The van der Waals surface area contributed by atoms with Gasteiger partial charge in [0.25, 0.3) is 5.91 Å². The van der Waals surface area contributed by atoms with Gasteiger partial charge in [-0.15, -0.1) is 0 Å². The zero-order valence-corrected chi connectivity index (χ0v) is 8.75. The number of hydrogen-bond donors (Lipinski definition) is 4. The van der Waals surface area contributed by atoms with Gasteiger partial charge in [-0.2, -0.15) is 0 Å². The first kappa shape index (κ1) is 15.5. The van der Waals surface area contributed by atoms with Crippen LogP contribution in [-0.4, -0.2) is 45.0 Å². The van der Waals surface area contributed by atoms with E-state index in [0.29, 0.717) is 0 Å². The third-order valence-corrected chi connectivity index (χ3v) is 1.06. The van der Waals surface area contributed by atoms with Gasteiger partial charge in [-0.05, 0) is 0 Å². The van der Waals surface area contributed by atoms with E-state index in [1.165, 1.54) is 0 Å². The molecule has 1 aliphatic heterocycles. The molecular formula is C4H8AlClN4O4+. The first-order valence-corrected chi connectivity index (χ1v) is 4.73. The van der Waals surface area contributed by atoms with Crippen LogP contribution in [0.2, 0.25) is 0 Å². The molecule has 10 heteroatoms. The number of halogens is 1. The molecule has 5 amide bonds. The SMILES string of the molecule is NC(=O)NC1NC(=O)NC1=O.O.[Al+][Cl]. The molecule has 1 aliphatic rings. The third-order valence-electron chi connectivity index (χ3n) is 1.06. The van der Waals surface area contributed by atoms with Gasteiger partial charge in [0.05, 0.1) is 0 Å². The fourth-order valence-electron chi connectivity index (χ4n) is 0.661. The van der Waals surface area contributed by atoms with Crippen LogP contribution in [0.25, 0.3) is 0 Å². The van der Waals surface area contributed by atoms with Crippen molar-refractivity contribution in [3.05, 3.63) is 0 Å². The molecule has 0 aromatic heterocycles. The second kappa shape index (κ2) is 7.40. The van der Waals surface area contributed by atoms with Gasteiger partial charge in [0.2, 0.25) is 0 Å². The van der Waals surface area contributed by atoms with Gasteiger partial charge in [-0.1, -0.05) is 0 Å². The molecule has 0 saturated carbocycles. The van der Waals surface area contributed by atoms with E-state index in [4.69, 9.17) is 5.73 Å². The average molecular weight is 239 g/mol. The van der Waals surface area contributed by atoms with Crippen LogP contribution in [0, 0.1) is 0 Å². The summed E-state index contributed by atoms with van der Waals surface area (Å²) in [6.07, 6.45) is -1.04. The molecule has 0 aromatic carbocycles. The van der Waals surface area contributed by atoms with Crippen LogP contribution >= 0.6 is 10.0 Å². The minimum absolute atomic E-state index is 0. The molecule has 1 rings (SSSR count). The van der Waals surface area contributed by atoms with Crippen LogP contribution in [0.5, 0.6) is 0 Å². The Kier molecular flexibility index (Phi) is 8.18. The molecule has 14 heavy (non-hydrogen) atoms. The Balaban J connectivity index is 0. The number of amides is 5. The summed E-state index contributed by atoms with van der Waals surface area (Å²) < 4.78 is 0. The molecule has 1 radical (unpaired) electrons. The summed E-state index contributed by atoms with van der Waals surface area (Å²) in [6.45, 7) is 0. The summed E-state index contributed by atoms with van der Waals surface area (Å²) in [6, 6.07) is -1.51. The number of hydrogen-bond acceptors (Lipinski definition) is 3. The maximum atomic E-state index is 10.7. The first-order chi connectivity index (χ1) is 6.09. The van der Waals surface area contributed by atoms with E-state index in [1.807, 2.05) is 26.0 Å². The zero-order chi connectivity index (χ0) is 10.4. The fourth-order valence-corrected chi connectivity index (χ4v) is 0.661. The van der Waals surface area contributed by atoms with Crippen molar-refractivity contribution < 1.29 is 19.9 Å². The summed E-state index contributed by atoms with van der Waals surface area (Å²) in [5.74, 6) is -0.617. The van der Waals surface area contributed by atoms with Crippen molar-refractivity contribution >= 4 is 43.4 Å². The molecule has 1 saturated heterocycles. The molecule has 8 nitrogen and oxygen atoms in total. The molecule has 1 fully saturated rings. The second-order valence-corrected chi connectivity index (χ2v) is 1.90. The van der Waals surface area contributed by atoms with Crippen LogP contribution in [0.1, 0.15) is 0 Å². The predicted molar refractivity (Wildman–Crippen MR) is 48.4 cm³/mol. The molecule has 77 valence electrons. The molecule has 0 aromatic rings. The Morgan fingerprint density at radius 2 is 2.00 bits per heavy atom. The predicted octanol–water partition coefficient (Wildman–Crippen LogP) is -2.70.